The first kappa shape index (κ1) is 27.7. The normalized spacial score (nSPS) is 10.2. The van der Waals surface area contributed by atoms with E-state index in [0.29, 0.717) is 27.8 Å². The number of anilines is 1. The first-order valence-corrected chi connectivity index (χ1v) is 12.3. The third-order valence-corrected chi connectivity index (χ3v) is 5.54. The van der Waals surface area contributed by atoms with Crippen LogP contribution >= 0.6 is 27.5 Å². The largest absolute Gasteiger partial charge is 0.457 e. The van der Waals surface area contributed by atoms with E-state index in [2.05, 4.69) is 32.1 Å². The third-order valence-electron chi connectivity index (χ3n) is 4.76. The van der Waals surface area contributed by atoms with Crippen LogP contribution < -0.4 is 20.9 Å². The Hall–Kier alpha value is -3.89. The molecule has 3 aromatic carbocycles. The number of esters is 1. The molecule has 3 N–H and O–H groups in total. The Kier molecular flexibility index (Phi) is 10.5. The summed E-state index contributed by atoms with van der Waals surface area (Å²) in [6.45, 7) is -0.569. The highest BCUT2D eigenvalue weighted by Gasteiger charge is 2.11. The van der Waals surface area contributed by atoms with Crippen molar-refractivity contribution in [2.24, 2.45) is 0 Å². The summed E-state index contributed by atoms with van der Waals surface area (Å²) < 4.78 is 11.5. The molecule has 0 fully saturated rings. The van der Waals surface area contributed by atoms with Gasteiger partial charge in [0.05, 0.1) is 0 Å². The quantitative estimate of drug-likeness (QED) is 0.226. The fourth-order valence-corrected chi connectivity index (χ4v) is 3.31. The van der Waals surface area contributed by atoms with Crippen molar-refractivity contribution in [1.29, 1.82) is 0 Å². The van der Waals surface area contributed by atoms with E-state index >= 15 is 0 Å². The summed E-state index contributed by atoms with van der Waals surface area (Å²) in [4.78, 5) is 47.7. The van der Waals surface area contributed by atoms with Gasteiger partial charge in [-0.1, -0.05) is 27.5 Å². The maximum absolute atomic E-state index is 12.1. The predicted molar refractivity (Wildman–Crippen MR) is 141 cm³/mol. The van der Waals surface area contributed by atoms with Gasteiger partial charge >= 0.3 is 5.97 Å². The second-order valence-electron chi connectivity index (χ2n) is 7.65. The van der Waals surface area contributed by atoms with Gasteiger partial charge in [-0.3, -0.25) is 30.0 Å². The number of amides is 3. The van der Waals surface area contributed by atoms with E-state index in [1.165, 1.54) is 24.3 Å². The van der Waals surface area contributed by atoms with Crippen molar-refractivity contribution in [1.82, 2.24) is 10.9 Å². The molecule has 0 saturated heterocycles. The van der Waals surface area contributed by atoms with Crippen LogP contribution in [0.25, 0.3) is 0 Å². The first-order valence-electron chi connectivity index (χ1n) is 11.1. The minimum atomic E-state index is -0.707. The van der Waals surface area contributed by atoms with E-state index in [0.717, 1.165) is 4.47 Å². The highest BCUT2D eigenvalue weighted by atomic mass is 79.9. The van der Waals surface area contributed by atoms with Gasteiger partial charge in [-0.2, -0.15) is 0 Å². The van der Waals surface area contributed by atoms with Crippen LogP contribution in [0.1, 0.15) is 29.6 Å². The van der Waals surface area contributed by atoms with E-state index < -0.39 is 24.4 Å². The molecule has 0 radical (unpaired) electrons. The van der Waals surface area contributed by atoms with E-state index in [9.17, 15) is 19.2 Å². The van der Waals surface area contributed by atoms with Crippen molar-refractivity contribution in [3.63, 3.8) is 0 Å². The van der Waals surface area contributed by atoms with Gasteiger partial charge in [0, 0.05) is 33.6 Å². The highest BCUT2D eigenvalue weighted by Crippen LogP contribution is 2.24. The van der Waals surface area contributed by atoms with Crippen LogP contribution in [0.2, 0.25) is 5.02 Å². The molecule has 0 saturated carbocycles. The molecule has 3 amide bonds. The summed E-state index contributed by atoms with van der Waals surface area (Å²) in [5.41, 5.74) is 5.24. The van der Waals surface area contributed by atoms with Gasteiger partial charge in [-0.15, -0.1) is 0 Å². The molecule has 0 spiro atoms. The van der Waals surface area contributed by atoms with Crippen molar-refractivity contribution >= 4 is 56.9 Å². The number of hydrogen-bond acceptors (Lipinski definition) is 6. The van der Waals surface area contributed by atoms with Crippen LogP contribution in [-0.4, -0.2) is 30.3 Å². The summed E-state index contributed by atoms with van der Waals surface area (Å²) in [6, 6.07) is 20.4. The fraction of sp³-hybridized carbons (Fsp3) is 0.154. The Morgan fingerprint density at radius 1 is 0.757 bits per heavy atom. The fourth-order valence-electron chi connectivity index (χ4n) is 2.92. The van der Waals surface area contributed by atoms with Gasteiger partial charge in [-0.05, 0) is 79.2 Å². The Bertz CT molecular complexity index is 1230. The number of ether oxygens (including phenoxy) is 2. The zero-order valence-electron chi connectivity index (χ0n) is 19.5. The third kappa shape index (κ3) is 9.94. The van der Waals surface area contributed by atoms with Gasteiger partial charge in [0.25, 0.3) is 11.8 Å². The van der Waals surface area contributed by atoms with Crippen LogP contribution in [0.5, 0.6) is 11.5 Å². The topological polar surface area (TPSA) is 123 Å². The number of hydrazine groups is 1. The molecule has 0 unspecified atom stereocenters. The minimum Gasteiger partial charge on any atom is -0.457 e. The average molecular weight is 589 g/mol. The van der Waals surface area contributed by atoms with Crippen LogP contribution in [-0.2, 0) is 19.1 Å². The lowest BCUT2D eigenvalue weighted by Crippen LogP contribution is -2.43. The molecule has 11 heteroatoms. The number of halogens is 2. The molecule has 192 valence electrons. The number of carbonyl (C=O) groups is 4. The Morgan fingerprint density at radius 2 is 1.38 bits per heavy atom. The SMILES string of the molecule is O=C(COC(=O)CCCC(=O)Nc1ccc(Oc2ccc(Br)cc2)cc1)NNC(=O)c1ccc(Cl)cc1. The maximum Gasteiger partial charge on any atom is 0.306 e. The minimum absolute atomic E-state index is 0.0438. The zero-order valence-corrected chi connectivity index (χ0v) is 21.8. The van der Waals surface area contributed by atoms with Gasteiger partial charge in [0.1, 0.15) is 11.5 Å². The Labute approximate surface area is 226 Å². The predicted octanol–water partition coefficient (Wildman–Crippen LogP) is 5.01. The van der Waals surface area contributed by atoms with Gasteiger partial charge in [-0.25, -0.2) is 0 Å². The maximum atomic E-state index is 12.1. The summed E-state index contributed by atoms with van der Waals surface area (Å²) >= 11 is 9.13. The number of nitrogens with one attached hydrogen (secondary N) is 3. The molecule has 3 rings (SSSR count). The average Bonchev–Trinajstić information content (AvgIpc) is 2.89. The molecular formula is C26H23BrClN3O6. The first-order chi connectivity index (χ1) is 17.8. The molecule has 0 aromatic heterocycles. The van der Waals surface area contributed by atoms with Crippen LogP contribution in [0, 0.1) is 0 Å². The number of benzene rings is 3. The van der Waals surface area contributed by atoms with Crippen molar-refractivity contribution in [2.75, 3.05) is 11.9 Å². The standard InChI is InChI=1S/C26H23BrClN3O6/c27-18-6-12-21(13-7-18)37-22-14-10-20(11-15-22)29-23(32)2-1-3-25(34)36-16-24(33)30-31-26(35)17-4-8-19(28)9-5-17/h4-15H,1-3,16H2,(H,29,32)(H,30,33)(H,31,35). The molecule has 0 aliphatic rings. The molecule has 0 aliphatic carbocycles. The molecule has 0 aliphatic heterocycles. The summed E-state index contributed by atoms with van der Waals surface area (Å²) in [5, 5.41) is 3.22. The van der Waals surface area contributed by atoms with Crippen molar-refractivity contribution in [3.8, 4) is 11.5 Å². The summed E-state index contributed by atoms with van der Waals surface area (Å²) in [6.07, 6.45) is 0.289. The molecular weight excluding hydrogens is 566 g/mol. The van der Waals surface area contributed by atoms with Crippen molar-refractivity contribution in [2.45, 2.75) is 19.3 Å². The molecule has 0 heterocycles. The number of carbonyl (C=O) groups excluding carboxylic acids is 4. The van der Waals surface area contributed by atoms with E-state index in [1.807, 2.05) is 24.3 Å². The lowest BCUT2D eigenvalue weighted by Gasteiger charge is -2.09. The molecule has 3 aromatic rings. The number of hydrogen-bond donors (Lipinski definition) is 3. The Balaban J connectivity index is 1.29. The van der Waals surface area contributed by atoms with Crippen LogP contribution in [0.3, 0.4) is 0 Å². The molecule has 9 nitrogen and oxygen atoms in total. The smallest absolute Gasteiger partial charge is 0.306 e. The second kappa shape index (κ2) is 14.0. The van der Waals surface area contributed by atoms with Crippen molar-refractivity contribution < 1.29 is 28.7 Å². The lowest BCUT2D eigenvalue weighted by atomic mass is 10.2. The van der Waals surface area contributed by atoms with Crippen LogP contribution in [0.4, 0.5) is 5.69 Å². The molecule has 37 heavy (non-hydrogen) atoms. The van der Waals surface area contributed by atoms with Gasteiger partial charge in [0.2, 0.25) is 5.91 Å². The lowest BCUT2D eigenvalue weighted by molar-refractivity contribution is -0.148. The van der Waals surface area contributed by atoms with E-state index in [4.69, 9.17) is 21.1 Å². The molecule has 0 atom stereocenters. The highest BCUT2D eigenvalue weighted by molar-refractivity contribution is 9.10. The van der Waals surface area contributed by atoms with Gasteiger partial charge in [0.15, 0.2) is 6.61 Å². The van der Waals surface area contributed by atoms with Gasteiger partial charge < -0.3 is 14.8 Å². The summed E-state index contributed by atoms with van der Waals surface area (Å²) in [7, 11) is 0. The second-order valence-corrected chi connectivity index (χ2v) is 9.00. The van der Waals surface area contributed by atoms with Crippen molar-refractivity contribution in [3.05, 3.63) is 87.9 Å². The van der Waals surface area contributed by atoms with E-state index in [-0.39, 0.29) is 25.2 Å². The zero-order chi connectivity index (χ0) is 26.6. The Morgan fingerprint density at radius 3 is 2.03 bits per heavy atom. The summed E-state index contributed by atoms with van der Waals surface area (Å²) in [5.74, 6) is -0.850. The van der Waals surface area contributed by atoms with Crippen LogP contribution in [0.15, 0.2) is 77.3 Å². The van der Waals surface area contributed by atoms with E-state index in [1.54, 1.807) is 24.3 Å². The molecule has 0 bridgehead atoms. The monoisotopic (exact) mass is 587 g/mol. The number of rotatable bonds is 10.